The van der Waals surface area contributed by atoms with Crippen LogP contribution in [0.4, 0.5) is 17.1 Å². The van der Waals surface area contributed by atoms with Gasteiger partial charge in [0.25, 0.3) is 6.71 Å². The maximum atomic E-state index is 7.45. The lowest BCUT2D eigenvalue weighted by atomic mass is 9.34. The van der Waals surface area contributed by atoms with E-state index in [1.54, 1.807) is 0 Å². The highest BCUT2D eigenvalue weighted by Crippen LogP contribution is 2.47. The minimum Gasteiger partial charge on any atom is -0.458 e. The first kappa shape index (κ1) is 34.8. The number of rotatable bonds is 4. The lowest BCUT2D eigenvalue weighted by molar-refractivity contribution is 0.467. The number of nitrogens with zero attached hydrogens (tertiary/aromatic N) is 3. The van der Waals surface area contributed by atoms with E-state index in [1.165, 1.54) is 49.6 Å². The van der Waals surface area contributed by atoms with Crippen molar-refractivity contribution in [3.63, 3.8) is 0 Å². The smallest absolute Gasteiger partial charge is 0.260 e. The quantitative estimate of drug-likeness (QED) is 0.167. The molecule has 2 aliphatic heterocycles. The molecule has 12 rings (SSSR count). The summed E-state index contributed by atoms with van der Waals surface area (Å²) in [7, 11) is 2.20. The van der Waals surface area contributed by atoms with E-state index in [9.17, 15) is 0 Å². The average molecular weight is 776 g/mol. The van der Waals surface area contributed by atoms with Crippen LogP contribution in [-0.2, 0) is 7.05 Å². The molecule has 0 fully saturated rings. The molecule has 0 amide bonds. The summed E-state index contributed by atoms with van der Waals surface area (Å²) in [6.45, 7) is 10.7. The van der Waals surface area contributed by atoms with E-state index in [1.807, 2.05) is 0 Å². The molecule has 0 saturated carbocycles. The van der Waals surface area contributed by atoms with Crippen LogP contribution in [0.15, 0.2) is 146 Å². The second kappa shape index (κ2) is 12.7. The van der Waals surface area contributed by atoms with Crippen molar-refractivity contribution < 1.29 is 9.47 Å². The van der Waals surface area contributed by atoms with E-state index in [0.29, 0.717) is 0 Å². The highest BCUT2D eigenvalue weighted by atomic mass is 16.5. The highest BCUT2D eigenvalue weighted by Gasteiger charge is 2.43. The number of aryl methyl sites for hydroxylation is 6. The van der Waals surface area contributed by atoms with Gasteiger partial charge in [-0.25, -0.2) is 0 Å². The Morgan fingerprint density at radius 1 is 0.467 bits per heavy atom. The topological polar surface area (TPSA) is 31.6 Å². The first-order valence-electron chi connectivity index (χ1n) is 20.8. The molecule has 2 aromatic heterocycles. The molecule has 0 spiro atoms. The summed E-state index contributed by atoms with van der Waals surface area (Å²) in [5.41, 5.74) is 18.3. The molecule has 0 bridgehead atoms. The molecule has 10 aromatic rings. The molecule has 0 N–H and O–H groups in total. The van der Waals surface area contributed by atoms with Crippen molar-refractivity contribution in [2.24, 2.45) is 7.05 Å². The van der Waals surface area contributed by atoms with Crippen LogP contribution in [0.1, 0.15) is 27.8 Å². The van der Waals surface area contributed by atoms with Gasteiger partial charge in [-0.3, -0.25) is 0 Å². The molecule has 60 heavy (non-hydrogen) atoms. The Kier molecular flexibility index (Phi) is 7.35. The monoisotopic (exact) mass is 775 g/mol. The second-order valence-corrected chi connectivity index (χ2v) is 17.0. The number of benzene rings is 8. The highest BCUT2D eigenvalue weighted by molar-refractivity contribution is 6.98. The fourth-order valence-electron chi connectivity index (χ4n) is 10.1. The van der Waals surface area contributed by atoms with E-state index >= 15 is 0 Å². The number of aromatic nitrogens is 2. The number of hydrogen-bond acceptors (Lipinski definition) is 3. The molecule has 0 atom stereocenters. The second-order valence-electron chi connectivity index (χ2n) is 17.0. The van der Waals surface area contributed by atoms with Crippen molar-refractivity contribution >= 4 is 83.8 Å². The van der Waals surface area contributed by atoms with Crippen molar-refractivity contribution in [3.05, 3.63) is 173 Å². The van der Waals surface area contributed by atoms with E-state index in [4.69, 9.17) is 9.47 Å². The van der Waals surface area contributed by atoms with Crippen molar-refractivity contribution in [2.75, 3.05) is 4.90 Å². The molecular formula is C54H42BN3O2. The largest absolute Gasteiger partial charge is 0.458 e. The predicted octanol–water partition coefficient (Wildman–Crippen LogP) is 12.2. The average Bonchev–Trinajstić information content (AvgIpc) is 3.73. The molecule has 8 aromatic carbocycles. The van der Waals surface area contributed by atoms with Crippen LogP contribution in [0, 0.1) is 34.6 Å². The third-order valence-electron chi connectivity index (χ3n) is 12.9. The van der Waals surface area contributed by atoms with Crippen LogP contribution in [0.3, 0.4) is 0 Å². The number of fused-ring (bicyclic) bond motifs is 11. The van der Waals surface area contributed by atoms with Gasteiger partial charge in [0.05, 0.1) is 33.3 Å². The van der Waals surface area contributed by atoms with Crippen molar-refractivity contribution in [3.8, 4) is 28.7 Å². The molecule has 0 unspecified atom stereocenters. The third-order valence-corrected chi connectivity index (χ3v) is 12.9. The summed E-state index contributed by atoms with van der Waals surface area (Å²) in [5, 5.41) is 4.79. The Bertz CT molecular complexity index is 3340. The SMILES string of the molecule is Cc1ccc(N(c2ccc(C)cc2)c2cc3c4c(c2)Oc2c(cc(-n5c6ccc(C)cc6c6cc(C)ccc65)c5c2c2ccccc2n5C)B4c2cc(C)ccc2O3)cc1. The van der Waals surface area contributed by atoms with Gasteiger partial charge in [0.15, 0.2) is 0 Å². The van der Waals surface area contributed by atoms with E-state index < -0.39 is 0 Å². The molecule has 5 nitrogen and oxygen atoms in total. The van der Waals surface area contributed by atoms with Gasteiger partial charge >= 0.3 is 0 Å². The lowest BCUT2D eigenvalue weighted by Gasteiger charge is -2.35. The van der Waals surface area contributed by atoms with Gasteiger partial charge in [0, 0.05) is 57.7 Å². The van der Waals surface area contributed by atoms with Gasteiger partial charge in [0.1, 0.15) is 23.0 Å². The Balaban J connectivity index is 1.19. The van der Waals surface area contributed by atoms with Gasteiger partial charge in [0.2, 0.25) is 0 Å². The lowest BCUT2D eigenvalue weighted by Crippen LogP contribution is -2.57. The van der Waals surface area contributed by atoms with Gasteiger partial charge < -0.3 is 23.5 Å². The van der Waals surface area contributed by atoms with E-state index in [-0.39, 0.29) is 6.71 Å². The van der Waals surface area contributed by atoms with Crippen LogP contribution in [0.25, 0.3) is 49.3 Å². The summed E-state index contributed by atoms with van der Waals surface area (Å²) < 4.78 is 19.3. The van der Waals surface area contributed by atoms with Crippen LogP contribution in [0.2, 0.25) is 0 Å². The zero-order valence-corrected chi connectivity index (χ0v) is 34.6. The normalized spacial score (nSPS) is 12.7. The first-order valence-corrected chi connectivity index (χ1v) is 20.8. The minimum absolute atomic E-state index is 0.136. The Morgan fingerprint density at radius 3 is 1.68 bits per heavy atom. The standard InChI is InChI=1S/C54H42BN3O2/c1-31-11-18-36(19-12-31)57(37-20-13-32(2)14-21-37)38-28-49-52-50(29-38)60-54-43(55(52)42-27-35(5)17-24-48(42)59-49)30-47(53-51(54)39-9-7-8-10-44(39)56(53)6)58-45-22-15-33(3)25-40(45)41-26-34(4)16-23-46(41)58/h7-30H,1-6H3. The zero-order chi connectivity index (χ0) is 40.6. The van der Waals surface area contributed by atoms with Gasteiger partial charge in [-0.15, -0.1) is 0 Å². The number of para-hydroxylation sites is 1. The van der Waals surface area contributed by atoms with Crippen molar-refractivity contribution in [1.29, 1.82) is 0 Å². The Labute approximate surface area is 349 Å². The zero-order valence-electron chi connectivity index (χ0n) is 34.6. The summed E-state index contributed by atoms with van der Waals surface area (Å²) in [4.78, 5) is 2.31. The Hall–Kier alpha value is -7.18. The van der Waals surface area contributed by atoms with E-state index in [0.717, 1.165) is 83.9 Å². The van der Waals surface area contributed by atoms with Crippen LogP contribution in [0.5, 0.6) is 23.0 Å². The summed E-state index contributed by atoms with van der Waals surface area (Å²) in [6, 6.07) is 53.4. The summed E-state index contributed by atoms with van der Waals surface area (Å²) in [5.74, 6) is 3.38. The number of anilines is 3. The van der Waals surface area contributed by atoms with Crippen molar-refractivity contribution in [2.45, 2.75) is 34.6 Å². The number of hydrogen-bond donors (Lipinski definition) is 0. The third kappa shape index (κ3) is 5.00. The van der Waals surface area contributed by atoms with Gasteiger partial charge in [-0.2, -0.15) is 0 Å². The van der Waals surface area contributed by atoms with Crippen LogP contribution in [-0.4, -0.2) is 15.8 Å². The molecule has 0 saturated heterocycles. The molecule has 288 valence electrons. The van der Waals surface area contributed by atoms with Gasteiger partial charge in [-0.05, 0) is 112 Å². The van der Waals surface area contributed by atoms with Crippen LogP contribution < -0.4 is 30.8 Å². The first-order chi connectivity index (χ1) is 29.2. The predicted molar refractivity (Wildman–Crippen MR) is 251 cm³/mol. The Morgan fingerprint density at radius 2 is 1.03 bits per heavy atom. The van der Waals surface area contributed by atoms with Crippen LogP contribution >= 0.6 is 0 Å². The minimum atomic E-state index is -0.136. The maximum Gasteiger partial charge on any atom is 0.260 e. The maximum absolute atomic E-state index is 7.45. The molecule has 0 radical (unpaired) electrons. The molecular weight excluding hydrogens is 733 g/mol. The van der Waals surface area contributed by atoms with Crippen molar-refractivity contribution in [1.82, 2.24) is 9.13 Å². The summed E-state index contributed by atoms with van der Waals surface area (Å²) in [6.07, 6.45) is 0. The van der Waals surface area contributed by atoms with Gasteiger partial charge in [-0.1, -0.05) is 94.5 Å². The molecule has 2 aliphatic rings. The van der Waals surface area contributed by atoms with E-state index in [2.05, 4.69) is 201 Å². The molecule has 4 heterocycles. The fraction of sp³-hybridized carbons (Fsp3) is 0.111. The molecule has 0 aliphatic carbocycles. The summed E-state index contributed by atoms with van der Waals surface area (Å²) >= 11 is 0. The fourth-order valence-corrected chi connectivity index (χ4v) is 10.1. The number of ether oxygens (including phenoxy) is 2. The molecule has 6 heteroatoms.